The molecule has 1 saturated heterocycles. The van der Waals surface area contributed by atoms with Crippen LogP contribution in [-0.2, 0) is 10.9 Å². The number of rotatable bonds is 2. The van der Waals surface area contributed by atoms with Gasteiger partial charge in [-0.25, -0.2) is 0 Å². The molecule has 5 heteroatoms. The summed E-state index contributed by atoms with van der Waals surface area (Å²) in [6.45, 7) is 4.00. The van der Waals surface area contributed by atoms with E-state index >= 15 is 0 Å². The van der Waals surface area contributed by atoms with Crippen LogP contribution in [0.1, 0.15) is 22.8 Å². The van der Waals surface area contributed by atoms with Crippen LogP contribution in [0.4, 0.5) is 18.9 Å². The highest BCUT2D eigenvalue weighted by molar-refractivity contribution is 5.48. The first kappa shape index (κ1) is 15.9. The first-order valence-corrected chi connectivity index (χ1v) is 7.54. The summed E-state index contributed by atoms with van der Waals surface area (Å²) < 4.78 is 43.7. The van der Waals surface area contributed by atoms with Crippen LogP contribution >= 0.6 is 0 Å². The zero-order valence-electron chi connectivity index (χ0n) is 12.8. The third-order valence-electron chi connectivity index (χ3n) is 4.08. The van der Waals surface area contributed by atoms with E-state index < -0.39 is 11.7 Å². The van der Waals surface area contributed by atoms with Gasteiger partial charge in [0.2, 0.25) is 0 Å². The minimum atomic E-state index is -4.31. The van der Waals surface area contributed by atoms with Crippen LogP contribution < -0.4 is 4.90 Å². The molecule has 1 fully saturated rings. The molecule has 0 amide bonds. The molecule has 2 aromatic rings. The monoisotopic (exact) mass is 321 g/mol. The summed E-state index contributed by atoms with van der Waals surface area (Å²) in [7, 11) is 0. The van der Waals surface area contributed by atoms with Crippen molar-refractivity contribution in [1.29, 1.82) is 0 Å². The number of halogens is 3. The predicted molar refractivity (Wildman–Crippen MR) is 83.5 cm³/mol. The molecule has 1 unspecified atom stereocenters. The molecule has 0 aromatic heterocycles. The summed E-state index contributed by atoms with van der Waals surface area (Å²) in [6.07, 6.45) is -4.52. The Morgan fingerprint density at radius 3 is 2.26 bits per heavy atom. The lowest BCUT2D eigenvalue weighted by Crippen LogP contribution is -2.38. The maximum atomic E-state index is 12.6. The Bertz CT molecular complexity index is 649. The van der Waals surface area contributed by atoms with Gasteiger partial charge in [-0.1, -0.05) is 29.8 Å². The summed E-state index contributed by atoms with van der Waals surface area (Å²) in [5.74, 6) is 0. The van der Waals surface area contributed by atoms with Crippen molar-refractivity contribution >= 4 is 5.69 Å². The smallest absolute Gasteiger partial charge is 0.370 e. The second-order valence-electron chi connectivity index (χ2n) is 5.76. The lowest BCUT2D eigenvalue weighted by molar-refractivity contribution is -0.137. The van der Waals surface area contributed by atoms with E-state index in [9.17, 15) is 13.2 Å². The molecular weight excluding hydrogens is 303 g/mol. The number of alkyl halides is 3. The van der Waals surface area contributed by atoms with Gasteiger partial charge in [-0.3, -0.25) is 0 Å². The summed E-state index contributed by atoms with van der Waals surface area (Å²) in [6, 6.07) is 13.5. The second kappa shape index (κ2) is 6.24. The average molecular weight is 321 g/mol. The quantitative estimate of drug-likeness (QED) is 0.802. The minimum Gasteiger partial charge on any atom is -0.370 e. The maximum Gasteiger partial charge on any atom is 0.416 e. The van der Waals surface area contributed by atoms with E-state index in [2.05, 4.69) is 29.2 Å². The van der Waals surface area contributed by atoms with Crippen LogP contribution in [-0.4, -0.2) is 19.7 Å². The molecule has 2 nitrogen and oxygen atoms in total. The molecule has 0 saturated carbocycles. The number of nitrogens with zero attached hydrogens (tertiary/aromatic N) is 1. The van der Waals surface area contributed by atoms with Gasteiger partial charge in [0.15, 0.2) is 0 Å². The van der Waals surface area contributed by atoms with Crippen LogP contribution in [0.25, 0.3) is 0 Å². The fraction of sp³-hybridized carbons (Fsp3) is 0.333. The van der Waals surface area contributed by atoms with Gasteiger partial charge in [0.1, 0.15) is 6.10 Å². The highest BCUT2D eigenvalue weighted by atomic mass is 19.4. The predicted octanol–water partition coefficient (Wildman–Crippen LogP) is 4.59. The van der Waals surface area contributed by atoms with E-state index in [-0.39, 0.29) is 6.10 Å². The Labute approximate surface area is 133 Å². The van der Waals surface area contributed by atoms with Gasteiger partial charge >= 0.3 is 6.18 Å². The standard InChI is InChI=1S/C18H18F3NO/c1-13-2-8-16(9-3-13)22-10-11-23-17(12-22)14-4-6-15(7-5-14)18(19,20)21/h2-9,17H,10-12H2,1H3. The van der Waals surface area contributed by atoms with E-state index in [1.807, 2.05) is 6.92 Å². The number of anilines is 1. The van der Waals surface area contributed by atoms with E-state index in [1.165, 1.54) is 17.7 Å². The first-order valence-electron chi connectivity index (χ1n) is 7.54. The lowest BCUT2D eigenvalue weighted by atomic mass is 10.0. The van der Waals surface area contributed by atoms with Crippen molar-refractivity contribution in [1.82, 2.24) is 0 Å². The van der Waals surface area contributed by atoms with Crippen LogP contribution in [0.5, 0.6) is 0 Å². The largest absolute Gasteiger partial charge is 0.416 e. The highest BCUT2D eigenvalue weighted by Crippen LogP contribution is 2.31. The van der Waals surface area contributed by atoms with Crippen LogP contribution in [0.2, 0.25) is 0 Å². The third kappa shape index (κ3) is 3.67. The fourth-order valence-corrected chi connectivity index (χ4v) is 2.73. The van der Waals surface area contributed by atoms with Crippen molar-refractivity contribution in [2.24, 2.45) is 0 Å². The summed E-state index contributed by atoms with van der Waals surface area (Å²) in [5, 5.41) is 0. The molecule has 1 atom stereocenters. The van der Waals surface area contributed by atoms with Gasteiger partial charge < -0.3 is 9.64 Å². The number of ether oxygens (including phenoxy) is 1. The number of hydrogen-bond donors (Lipinski definition) is 0. The van der Waals surface area contributed by atoms with E-state index in [0.29, 0.717) is 13.2 Å². The summed E-state index contributed by atoms with van der Waals surface area (Å²) in [5.41, 5.74) is 2.44. The van der Waals surface area contributed by atoms with Gasteiger partial charge in [-0.05, 0) is 36.8 Å². The molecule has 1 heterocycles. The Morgan fingerprint density at radius 2 is 1.65 bits per heavy atom. The van der Waals surface area contributed by atoms with Gasteiger partial charge in [-0.2, -0.15) is 13.2 Å². The molecule has 2 aromatic carbocycles. The molecule has 1 aliphatic heterocycles. The maximum absolute atomic E-state index is 12.6. The van der Waals surface area contributed by atoms with Crippen molar-refractivity contribution in [3.05, 3.63) is 65.2 Å². The minimum absolute atomic E-state index is 0.215. The lowest BCUT2D eigenvalue weighted by Gasteiger charge is -2.35. The topological polar surface area (TPSA) is 12.5 Å². The van der Waals surface area contributed by atoms with Gasteiger partial charge in [0.05, 0.1) is 12.2 Å². The van der Waals surface area contributed by atoms with Gasteiger partial charge in [0, 0.05) is 18.8 Å². The molecule has 3 rings (SSSR count). The number of aryl methyl sites for hydroxylation is 1. The Balaban J connectivity index is 1.74. The van der Waals surface area contributed by atoms with Crippen molar-refractivity contribution in [2.45, 2.75) is 19.2 Å². The molecular formula is C18H18F3NO. The molecule has 23 heavy (non-hydrogen) atoms. The molecule has 0 N–H and O–H groups in total. The molecule has 0 aliphatic carbocycles. The van der Waals surface area contributed by atoms with E-state index in [4.69, 9.17) is 4.74 Å². The van der Waals surface area contributed by atoms with Crippen molar-refractivity contribution in [2.75, 3.05) is 24.6 Å². The van der Waals surface area contributed by atoms with Crippen LogP contribution in [0.15, 0.2) is 48.5 Å². The fourth-order valence-electron chi connectivity index (χ4n) is 2.73. The van der Waals surface area contributed by atoms with Crippen molar-refractivity contribution in [3.8, 4) is 0 Å². The van der Waals surface area contributed by atoms with Crippen molar-refractivity contribution in [3.63, 3.8) is 0 Å². The SMILES string of the molecule is Cc1ccc(N2CCOC(c3ccc(C(F)(F)F)cc3)C2)cc1. The molecule has 0 spiro atoms. The summed E-state index contributed by atoms with van der Waals surface area (Å²) in [4.78, 5) is 2.20. The zero-order chi connectivity index (χ0) is 16.4. The number of benzene rings is 2. The first-order chi connectivity index (χ1) is 10.9. The Morgan fingerprint density at radius 1 is 1.00 bits per heavy atom. The van der Waals surface area contributed by atoms with Gasteiger partial charge in [-0.15, -0.1) is 0 Å². The van der Waals surface area contributed by atoms with Crippen molar-refractivity contribution < 1.29 is 17.9 Å². The van der Waals surface area contributed by atoms with Crippen LogP contribution in [0, 0.1) is 6.92 Å². The van der Waals surface area contributed by atoms with Crippen LogP contribution in [0.3, 0.4) is 0 Å². The van der Waals surface area contributed by atoms with E-state index in [0.717, 1.165) is 29.9 Å². The summed E-state index contributed by atoms with van der Waals surface area (Å²) >= 11 is 0. The molecule has 0 bridgehead atoms. The Hall–Kier alpha value is -2.01. The van der Waals surface area contributed by atoms with Gasteiger partial charge in [0.25, 0.3) is 0 Å². The second-order valence-corrected chi connectivity index (χ2v) is 5.76. The normalized spacial score (nSPS) is 19.0. The Kier molecular flexibility index (Phi) is 4.31. The molecule has 1 aliphatic rings. The number of morpholine rings is 1. The molecule has 122 valence electrons. The third-order valence-corrected chi connectivity index (χ3v) is 4.08. The average Bonchev–Trinajstić information content (AvgIpc) is 2.55. The molecule has 0 radical (unpaired) electrons. The number of hydrogen-bond acceptors (Lipinski definition) is 2. The highest BCUT2D eigenvalue weighted by Gasteiger charge is 2.30. The van der Waals surface area contributed by atoms with E-state index in [1.54, 1.807) is 0 Å². The zero-order valence-corrected chi connectivity index (χ0v) is 12.8.